The van der Waals surface area contributed by atoms with E-state index in [0.29, 0.717) is 17.6 Å². The summed E-state index contributed by atoms with van der Waals surface area (Å²) in [6.07, 6.45) is 0. The van der Waals surface area contributed by atoms with Gasteiger partial charge in [-0.3, -0.25) is 10.1 Å². The molecule has 6 heteroatoms. The van der Waals surface area contributed by atoms with Crippen LogP contribution in [0.15, 0.2) is 27.4 Å². The average Bonchev–Trinajstić information content (AvgIpc) is 2.89. The van der Waals surface area contributed by atoms with Crippen molar-refractivity contribution in [2.45, 2.75) is 20.4 Å². The molecule has 0 aliphatic rings. The van der Waals surface area contributed by atoms with Crippen LogP contribution in [0.1, 0.15) is 17.0 Å². The number of anilines is 1. The van der Waals surface area contributed by atoms with Gasteiger partial charge in [0.15, 0.2) is 5.58 Å². The maximum Gasteiger partial charge on any atom is 0.417 e. The van der Waals surface area contributed by atoms with Crippen LogP contribution in [0.4, 0.5) is 5.69 Å². The Bertz CT molecular complexity index is 762. The number of nitrogens with zero attached hydrogens (tertiary/aromatic N) is 1. The van der Waals surface area contributed by atoms with E-state index < -0.39 is 5.76 Å². The Morgan fingerprint density at radius 3 is 2.95 bits per heavy atom. The summed E-state index contributed by atoms with van der Waals surface area (Å²) < 4.78 is 4.96. The van der Waals surface area contributed by atoms with Gasteiger partial charge in [-0.1, -0.05) is 0 Å². The molecule has 0 unspecified atom stereocenters. The van der Waals surface area contributed by atoms with Gasteiger partial charge in [0.05, 0.1) is 11.2 Å². The molecule has 0 fully saturated rings. The zero-order valence-corrected chi connectivity index (χ0v) is 10.7. The number of aromatic amines is 2. The van der Waals surface area contributed by atoms with Crippen LogP contribution >= 0.6 is 0 Å². The first-order valence-corrected chi connectivity index (χ1v) is 6.00. The van der Waals surface area contributed by atoms with Crippen molar-refractivity contribution in [2.24, 2.45) is 0 Å². The van der Waals surface area contributed by atoms with E-state index in [9.17, 15) is 4.79 Å². The largest absolute Gasteiger partial charge is 0.417 e. The van der Waals surface area contributed by atoms with Crippen LogP contribution in [-0.4, -0.2) is 15.2 Å². The lowest BCUT2D eigenvalue weighted by atomic mass is 10.2. The van der Waals surface area contributed by atoms with Crippen molar-refractivity contribution in [1.29, 1.82) is 0 Å². The molecular weight excluding hydrogens is 244 g/mol. The molecule has 3 N–H and O–H groups in total. The van der Waals surface area contributed by atoms with E-state index in [1.807, 2.05) is 26.0 Å². The van der Waals surface area contributed by atoms with Gasteiger partial charge in [0, 0.05) is 23.5 Å². The zero-order chi connectivity index (χ0) is 13.4. The van der Waals surface area contributed by atoms with Gasteiger partial charge in [0.1, 0.15) is 0 Å². The Morgan fingerprint density at radius 1 is 1.37 bits per heavy atom. The number of aryl methyl sites for hydroxylation is 2. The fourth-order valence-electron chi connectivity index (χ4n) is 2.09. The summed E-state index contributed by atoms with van der Waals surface area (Å²) in [7, 11) is 0. The van der Waals surface area contributed by atoms with Gasteiger partial charge in [-0.2, -0.15) is 5.10 Å². The van der Waals surface area contributed by atoms with Crippen LogP contribution in [-0.2, 0) is 6.54 Å². The summed E-state index contributed by atoms with van der Waals surface area (Å²) in [5, 5.41) is 10.4. The summed E-state index contributed by atoms with van der Waals surface area (Å²) in [4.78, 5) is 13.7. The molecule has 0 saturated carbocycles. The highest BCUT2D eigenvalue weighted by atomic mass is 16.4. The smallest absolute Gasteiger partial charge is 0.408 e. The Kier molecular flexibility index (Phi) is 2.63. The van der Waals surface area contributed by atoms with Crippen LogP contribution in [0.3, 0.4) is 0 Å². The molecule has 0 aliphatic heterocycles. The van der Waals surface area contributed by atoms with Crippen LogP contribution < -0.4 is 11.1 Å². The Balaban J connectivity index is 1.83. The summed E-state index contributed by atoms with van der Waals surface area (Å²) in [6.45, 7) is 4.65. The Hall–Kier alpha value is -2.50. The number of fused-ring (bicyclic) bond motifs is 1. The molecule has 0 radical (unpaired) electrons. The fourth-order valence-corrected chi connectivity index (χ4v) is 2.09. The quantitative estimate of drug-likeness (QED) is 0.671. The van der Waals surface area contributed by atoms with Crippen molar-refractivity contribution in [3.8, 4) is 0 Å². The average molecular weight is 258 g/mol. The summed E-state index contributed by atoms with van der Waals surface area (Å²) in [5.74, 6) is -0.436. The van der Waals surface area contributed by atoms with E-state index >= 15 is 0 Å². The van der Waals surface area contributed by atoms with Gasteiger partial charge in [0.25, 0.3) is 0 Å². The molecule has 2 aromatic heterocycles. The van der Waals surface area contributed by atoms with Crippen molar-refractivity contribution in [2.75, 3.05) is 5.32 Å². The molecule has 2 heterocycles. The maximum atomic E-state index is 11.1. The van der Waals surface area contributed by atoms with Crippen molar-refractivity contribution in [3.05, 3.63) is 45.7 Å². The Labute approximate surface area is 108 Å². The van der Waals surface area contributed by atoms with Crippen LogP contribution in [0.5, 0.6) is 0 Å². The molecule has 0 spiro atoms. The molecule has 0 aliphatic carbocycles. The van der Waals surface area contributed by atoms with Gasteiger partial charge in [-0.05, 0) is 32.0 Å². The topological polar surface area (TPSA) is 86.7 Å². The number of aromatic nitrogens is 3. The lowest BCUT2D eigenvalue weighted by molar-refractivity contribution is 0.555. The highest BCUT2D eigenvalue weighted by Gasteiger charge is 2.06. The minimum absolute atomic E-state index is 0.436. The molecular formula is C13H14N4O2. The van der Waals surface area contributed by atoms with Gasteiger partial charge in [-0.15, -0.1) is 0 Å². The van der Waals surface area contributed by atoms with Crippen LogP contribution in [0, 0.1) is 13.8 Å². The van der Waals surface area contributed by atoms with Gasteiger partial charge >= 0.3 is 5.76 Å². The molecule has 3 rings (SSSR count). The highest BCUT2D eigenvalue weighted by Crippen LogP contribution is 2.18. The molecule has 0 saturated heterocycles. The number of nitrogens with one attached hydrogen (secondary N) is 3. The monoisotopic (exact) mass is 258 g/mol. The van der Waals surface area contributed by atoms with E-state index in [1.165, 1.54) is 0 Å². The van der Waals surface area contributed by atoms with E-state index in [4.69, 9.17) is 4.42 Å². The van der Waals surface area contributed by atoms with Crippen LogP contribution in [0.2, 0.25) is 0 Å². The van der Waals surface area contributed by atoms with Crippen molar-refractivity contribution in [1.82, 2.24) is 15.2 Å². The summed E-state index contributed by atoms with van der Waals surface area (Å²) in [6, 6.07) is 5.50. The van der Waals surface area contributed by atoms with Crippen LogP contribution in [0.25, 0.3) is 11.1 Å². The minimum Gasteiger partial charge on any atom is -0.408 e. The van der Waals surface area contributed by atoms with Gasteiger partial charge < -0.3 is 9.73 Å². The Morgan fingerprint density at radius 2 is 2.21 bits per heavy atom. The first-order valence-electron chi connectivity index (χ1n) is 6.00. The number of oxazole rings is 1. The SMILES string of the molecule is Cc1n[nH]c(C)c1CNc1ccc2oc(=O)[nH]c2c1. The number of hydrogen-bond acceptors (Lipinski definition) is 4. The number of rotatable bonds is 3. The van der Waals surface area contributed by atoms with Crippen molar-refractivity contribution >= 4 is 16.8 Å². The number of H-pyrrole nitrogens is 2. The van der Waals surface area contributed by atoms with E-state index in [-0.39, 0.29) is 0 Å². The van der Waals surface area contributed by atoms with E-state index in [0.717, 1.165) is 22.6 Å². The van der Waals surface area contributed by atoms with Crippen molar-refractivity contribution < 1.29 is 4.42 Å². The lowest BCUT2D eigenvalue weighted by Crippen LogP contribution is -2.01. The molecule has 0 atom stereocenters. The van der Waals surface area contributed by atoms with Gasteiger partial charge in [0.2, 0.25) is 0 Å². The first kappa shape index (κ1) is 11.6. The number of benzene rings is 1. The summed E-state index contributed by atoms with van der Waals surface area (Å²) in [5.41, 5.74) is 5.37. The zero-order valence-electron chi connectivity index (χ0n) is 10.7. The third-order valence-corrected chi connectivity index (χ3v) is 3.17. The first-order chi connectivity index (χ1) is 9.13. The summed E-state index contributed by atoms with van der Waals surface area (Å²) >= 11 is 0. The number of hydrogen-bond donors (Lipinski definition) is 3. The second-order valence-corrected chi connectivity index (χ2v) is 4.49. The van der Waals surface area contributed by atoms with E-state index in [2.05, 4.69) is 20.5 Å². The molecule has 3 aromatic rings. The standard InChI is InChI=1S/C13H14N4O2/c1-7-10(8(2)17-16-7)6-14-9-3-4-12-11(5-9)15-13(18)19-12/h3-5,14H,6H2,1-2H3,(H,15,18)(H,16,17). The fraction of sp³-hybridized carbons (Fsp3) is 0.231. The normalized spacial score (nSPS) is 11.1. The van der Waals surface area contributed by atoms with E-state index in [1.54, 1.807) is 6.07 Å². The van der Waals surface area contributed by atoms with Crippen molar-refractivity contribution in [3.63, 3.8) is 0 Å². The minimum atomic E-state index is -0.436. The maximum absolute atomic E-state index is 11.1. The lowest BCUT2D eigenvalue weighted by Gasteiger charge is -2.06. The molecule has 0 amide bonds. The second-order valence-electron chi connectivity index (χ2n) is 4.49. The third kappa shape index (κ3) is 2.12. The molecule has 1 aromatic carbocycles. The molecule has 0 bridgehead atoms. The molecule has 6 nitrogen and oxygen atoms in total. The second kappa shape index (κ2) is 4.31. The predicted octanol–water partition coefficient (Wildman–Crippen LogP) is 2.07. The molecule has 19 heavy (non-hydrogen) atoms. The predicted molar refractivity (Wildman–Crippen MR) is 72.2 cm³/mol. The van der Waals surface area contributed by atoms with Gasteiger partial charge in [-0.25, -0.2) is 4.79 Å². The molecule has 98 valence electrons. The third-order valence-electron chi connectivity index (χ3n) is 3.17. The highest BCUT2D eigenvalue weighted by molar-refractivity contribution is 5.76.